The number of hydrogen-bond acceptors (Lipinski definition) is 2. The number of nitrogens with one attached hydrogen (secondary N) is 1. The minimum absolute atomic E-state index is 0.236. The van der Waals surface area contributed by atoms with E-state index in [0.717, 1.165) is 10.9 Å². The lowest BCUT2D eigenvalue weighted by Crippen LogP contribution is -2.05. The number of fused-ring (bicyclic) bond motifs is 1. The summed E-state index contributed by atoms with van der Waals surface area (Å²) in [5.74, 6) is -0.319. The van der Waals surface area contributed by atoms with Crippen molar-refractivity contribution in [1.29, 1.82) is 0 Å². The van der Waals surface area contributed by atoms with Crippen molar-refractivity contribution in [3.05, 3.63) is 48.7 Å². The Labute approximate surface area is 87.4 Å². The van der Waals surface area contributed by atoms with Crippen LogP contribution < -0.4 is 0 Å². The molecule has 0 aliphatic heterocycles. The van der Waals surface area contributed by atoms with Crippen molar-refractivity contribution in [3.8, 4) is 0 Å². The number of carbonyl (C=O) groups excluding carboxylic acids is 1. The molecule has 1 aromatic carbocycles. The van der Waals surface area contributed by atoms with Crippen molar-refractivity contribution < 1.29 is 9.53 Å². The maximum atomic E-state index is 11.6. The van der Waals surface area contributed by atoms with E-state index in [1.165, 1.54) is 0 Å². The Morgan fingerprint density at radius 1 is 1.47 bits per heavy atom. The number of H-pyrrole nitrogens is 1. The average Bonchev–Trinajstić information content (AvgIpc) is 2.73. The minimum Gasteiger partial charge on any atom is -0.458 e. The molecule has 2 rings (SSSR count). The summed E-state index contributed by atoms with van der Waals surface area (Å²) in [6.07, 6.45) is 3.35. The van der Waals surface area contributed by atoms with E-state index in [2.05, 4.69) is 11.6 Å². The highest BCUT2D eigenvalue weighted by atomic mass is 16.5. The SMILES string of the molecule is C=CCOC(=O)c1cccc2[nH]ccc12. The zero-order valence-electron chi connectivity index (χ0n) is 8.19. The van der Waals surface area contributed by atoms with Gasteiger partial charge in [-0.05, 0) is 18.2 Å². The summed E-state index contributed by atoms with van der Waals surface area (Å²) in [7, 11) is 0. The summed E-state index contributed by atoms with van der Waals surface area (Å²) in [5, 5.41) is 0.881. The van der Waals surface area contributed by atoms with Crippen molar-refractivity contribution in [2.75, 3.05) is 6.61 Å². The second-order valence-electron chi connectivity index (χ2n) is 3.13. The highest BCUT2D eigenvalue weighted by Gasteiger charge is 2.10. The molecule has 0 spiro atoms. The third kappa shape index (κ3) is 1.76. The molecule has 0 atom stereocenters. The van der Waals surface area contributed by atoms with Crippen molar-refractivity contribution in [2.24, 2.45) is 0 Å². The van der Waals surface area contributed by atoms with Gasteiger partial charge in [-0.15, -0.1) is 0 Å². The number of aromatic nitrogens is 1. The standard InChI is InChI=1S/C12H11NO2/c1-2-8-15-12(14)10-4-3-5-11-9(10)6-7-13-11/h2-7,13H,1,8H2. The summed E-state index contributed by atoms with van der Waals surface area (Å²) in [5.41, 5.74) is 1.51. The first kappa shape index (κ1) is 9.52. The van der Waals surface area contributed by atoms with Gasteiger partial charge >= 0.3 is 5.97 Å². The van der Waals surface area contributed by atoms with Crippen LogP contribution in [0.15, 0.2) is 43.1 Å². The van der Waals surface area contributed by atoms with E-state index in [1.54, 1.807) is 18.3 Å². The van der Waals surface area contributed by atoms with Crippen LogP contribution in [0.3, 0.4) is 0 Å². The second-order valence-corrected chi connectivity index (χ2v) is 3.13. The van der Waals surface area contributed by atoms with Crippen LogP contribution >= 0.6 is 0 Å². The summed E-state index contributed by atoms with van der Waals surface area (Å²) < 4.78 is 4.98. The molecule has 15 heavy (non-hydrogen) atoms. The zero-order chi connectivity index (χ0) is 10.7. The van der Waals surface area contributed by atoms with E-state index in [0.29, 0.717) is 5.56 Å². The quantitative estimate of drug-likeness (QED) is 0.612. The lowest BCUT2D eigenvalue weighted by Gasteiger charge is -2.02. The molecule has 0 bridgehead atoms. The van der Waals surface area contributed by atoms with E-state index in [1.807, 2.05) is 18.2 Å². The van der Waals surface area contributed by atoms with E-state index in [4.69, 9.17) is 4.74 Å². The van der Waals surface area contributed by atoms with Gasteiger partial charge in [-0.25, -0.2) is 4.79 Å². The molecular formula is C12H11NO2. The van der Waals surface area contributed by atoms with Crippen molar-refractivity contribution in [1.82, 2.24) is 4.98 Å². The van der Waals surface area contributed by atoms with Gasteiger partial charge in [0.1, 0.15) is 6.61 Å². The van der Waals surface area contributed by atoms with Gasteiger partial charge in [0.05, 0.1) is 5.56 Å². The number of rotatable bonds is 3. The van der Waals surface area contributed by atoms with Crippen LogP contribution in [-0.2, 0) is 4.74 Å². The molecule has 0 aliphatic carbocycles. The van der Waals surface area contributed by atoms with Crippen molar-refractivity contribution >= 4 is 16.9 Å². The number of carbonyl (C=O) groups is 1. The van der Waals surface area contributed by atoms with E-state index < -0.39 is 0 Å². The van der Waals surface area contributed by atoms with Gasteiger partial charge < -0.3 is 9.72 Å². The van der Waals surface area contributed by atoms with E-state index >= 15 is 0 Å². The Morgan fingerprint density at radius 3 is 3.13 bits per heavy atom. The van der Waals surface area contributed by atoms with Crippen molar-refractivity contribution in [2.45, 2.75) is 0 Å². The summed E-state index contributed by atoms with van der Waals surface area (Å²) in [6, 6.07) is 7.35. The first-order chi connectivity index (χ1) is 7.33. The molecular weight excluding hydrogens is 190 g/mol. The monoisotopic (exact) mass is 201 g/mol. The predicted molar refractivity (Wildman–Crippen MR) is 58.8 cm³/mol. The van der Waals surface area contributed by atoms with Crippen LogP contribution in [0.2, 0.25) is 0 Å². The first-order valence-corrected chi connectivity index (χ1v) is 4.67. The van der Waals surface area contributed by atoms with E-state index in [9.17, 15) is 4.79 Å². The van der Waals surface area contributed by atoms with Gasteiger partial charge in [-0.2, -0.15) is 0 Å². The van der Waals surface area contributed by atoms with Crippen LogP contribution in [0.25, 0.3) is 10.9 Å². The molecule has 0 saturated carbocycles. The summed E-state index contributed by atoms with van der Waals surface area (Å²) in [6.45, 7) is 3.73. The maximum Gasteiger partial charge on any atom is 0.339 e. The molecule has 76 valence electrons. The molecule has 0 aliphatic rings. The second kappa shape index (κ2) is 4.00. The third-order valence-corrected chi connectivity index (χ3v) is 2.15. The smallest absolute Gasteiger partial charge is 0.339 e. The predicted octanol–water partition coefficient (Wildman–Crippen LogP) is 2.51. The fourth-order valence-corrected chi connectivity index (χ4v) is 1.48. The minimum atomic E-state index is -0.319. The molecule has 1 heterocycles. The highest BCUT2D eigenvalue weighted by Crippen LogP contribution is 2.17. The molecule has 0 radical (unpaired) electrons. The Bertz CT molecular complexity index is 499. The fourth-order valence-electron chi connectivity index (χ4n) is 1.48. The maximum absolute atomic E-state index is 11.6. The van der Waals surface area contributed by atoms with Gasteiger partial charge in [0.25, 0.3) is 0 Å². The Kier molecular flexibility index (Phi) is 2.54. The van der Waals surface area contributed by atoms with Gasteiger partial charge in [0.2, 0.25) is 0 Å². The van der Waals surface area contributed by atoms with Crippen LogP contribution in [-0.4, -0.2) is 17.6 Å². The van der Waals surface area contributed by atoms with Gasteiger partial charge in [-0.3, -0.25) is 0 Å². The Hall–Kier alpha value is -2.03. The van der Waals surface area contributed by atoms with Crippen molar-refractivity contribution in [3.63, 3.8) is 0 Å². The molecule has 3 heteroatoms. The molecule has 1 N–H and O–H groups in total. The van der Waals surface area contributed by atoms with Gasteiger partial charge in [0, 0.05) is 17.1 Å². The molecule has 0 fully saturated rings. The molecule has 1 aromatic heterocycles. The third-order valence-electron chi connectivity index (χ3n) is 2.15. The number of aromatic amines is 1. The topological polar surface area (TPSA) is 42.1 Å². The lowest BCUT2D eigenvalue weighted by atomic mass is 10.1. The van der Waals surface area contributed by atoms with Crippen LogP contribution in [0, 0.1) is 0 Å². The molecule has 0 amide bonds. The first-order valence-electron chi connectivity index (χ1n) is 4.67. The van der Waals surface area contributed by atoms with Crippen LogP contribution in [0.5, 0.6) is 0 Å². The number of esters is 1. The van der Waals surface area contributed by atoms with E-state index in [-0.39, 0.29) is 12.6 Å². The van der Waals surface area contributed by atoms with Gasteiger partial charge in [-0.1, -0.05) is 18.7 Å². The Balaban J connectivity index is 2.38. The average molecular weight is 201 g/mol. The summed E-state index contributed by atoms with van der Waals surface area (Å²) >= 11 is 0. The number of hydrogen-bond donors (Lipinski definition) is 1. The zero-order valence-corrected chi connectivity index (χ0v) is 8.19. The number of ether oxygens (including phenoxy) is 1. The Morgan fingerprint density at radius 2 is 2.33 bits per heavy atom. The van der Waals surface area contributed by atoms with Gasteiger partial charge in [0.15, 0.2) is 0 Å². The molecule has 0 unspecified atom stereocenters. The lowest BCUT2D eigenvalue weighted by molar-refractivity contribution is 0.0552. The summed E-state index contributed by atoms with van der Waals surface area (Å²) in [4.78, 5) is 14.7. The highest BCUT2D eigenvalue weighted by molar-refractivity contribution is 6.03. The largest absolute Gasteiger partial charge is 0.458 e. The van der Waals surface area contributed by atoms with Crippen LogP contribution in [0.4, 0.5) is 0 Å². The normalized spacial score (nSPS) is 10.1. The van der Waals surface area contributed by atoms with Crippen LogP contribution in [0.1, 0.15) is 10.4 Å². The molecule has 3 nitrogen and oxygen atoms in total. The molecule has 0 saturated heterocycles. The number of benzene rings is 1. The fraction of sp³-hybridized carbons (Fsp3) is 0.0833. The molecule has 2 aromatic rings.